The average Bonchev–Trinajstić information content (AvgIpc) is 2.72. The lowest BCUT2D eigenvalue weighted by Gasteiger charge is -2.14. The van der Waals surface area contributed by atoms with Gasteiger partial charge in [-0.3, -0.25) is 15.0 Å². The molecule has 0 spiro atoms. The molecule has 2 amide bonds. The van der Waals surface area contributed by atoms with Crippen molar-refractivity contribution in [3.63, 3.8) is 0 Å². The normalized spacial score (nSPS) is 9.90. The number of carbonyl (C=O) groups is 2. The van der Waals surface area contributed by atoms with Crippen LogP contribution in [0.3, 0.4) is 0 Å². The first kappa shape index (κ1) is 21.6. The fourth-order valence-electron chi connectivity index (χ4n) is 2.31. The number of benzene rings is 2. The lowest BCUT2D eigenvalue weighted by atomic mass is 10.2. The van der Waals surface area contributed by atoms with Crippen LogP contribution in [0.15, 0.2) is 54.7 Å². The van der Waals surface area contributed by atoms with Crippen molar-refractivity contribution >= 4 is 17.5 Å². The lowest BCUT2D eigenvalue weighted by molar-refractivity contribution is -0.124. The fourth-order valence-corrected chi connectivity index (χ4v) is 2.31. The van der Waals surface area contributed by atoms with E-state index in [9.17, 15) is 9.59 Å². The van der Waals surface area contributed by atoms with Crippen LogP contribution in [0.4, 0.5) is 5.69 Å². The van der Waals surface area contributed by atoms with Crippen LogP contribution < -0.4 is 30.4 Å². The highest BCUT2D eigenvalue weighted by molar-refractivity contribution is 5.93. The summed E-state index contributed by atoms with van der Waals surface area (Å²) in [7, 11) is 3.04. The maximum atomic E-state index is 12.2. The summed E-state index contributed by atoms with van der Waals surface area (Å²) < 4.78 is 15.7. The van der Waals surface area contributed by atoms with Crippen LogP contribution in [0, 0.1) is 6.92 Å². The number of rotatable bonds is 10. The van der Waals surface area contributed by atoms with Gasteiger partial charge in [0.2, 0.25) is 5.91 Å². The molecule has 29 heavy (non-hydrogen) atoms. The summed E-state index contributed by atoms with van der Waals surface area (Å²) >= 11 is 0. The van der Waals surface area contributed by atoms with Crippen molar-refractivity contribution in [1.29, 1.82) is 0 Å². The van der Waals surface area contributed by atoms with Gasteiger partial charge >= 0.3 is 0 Å². The zero-order valence-corrected chi connectivity index (χ0v) is 16.7. The van der Waals surface area contributed by atoms with E-state index in [4.69, 9.17) is 14.2 Å². The molecule has 0 aliphatic heterocycles. The van der Waals surface area contributed by atoms with Gasteiger partial charge in [0.05, 0.1) is 26.3 Å². The van der Waals surface area contributed by atoms with E-state index < -0.39 is 5.91 Å². The Bertz CT molecular complexity index is 865. The number of carbonyl (C=O) groups excluding carboxylic acids is 2. The van der Waals surface area contributed by atoms with Gasteiger partial charge in [0.25, 0.3) is 5.91 Å². The highest BCUT2D eigenvalue weighted by Gasteiger charge is 2.11. The quantitative estimate of drug-likeness (QED) is 0.531. The standard InChI is InChI=1S/C21H25N3O5/c1-14-5-7-16(8-6-14)29-13-21(26)24-23-15(2)11-20(25)22-18-10-9-17(27-3)12-19(18)28-4/h5-10,12,23H,2,11,13H2,1,3-4H3,(H,22,25)(H,24,26). The summed E-state index contributed by atoms with van der Waals surface area (Å²) in [5.74, 6) is 0.955. The van der Waals surface area contributed by atoms with Gasteiger partial charge in [-0.1, -0.05) is 24.3 Å². The molecule has 0 aromatic heterocycles. The van der Waals surface area contributed by atoms with Gasteiger partial charge in [0, 0.05) is 11.8 Å². The van der Waals surface area contributed by atoms with Crippen LogP contribution >= 0.6 is 0 Å². The third kappa shape index (κ3) is 7.10. The smallest absolute Gasteiger partial charge is 0.276 e. The van der Waals surface area contributed by atoms with E-state index in [1.54, 1.807) is 37.4 Å². The largest absolute Gasteiger partial charge is 0.497 e. The van der Waals surface area contributed by atoms with Crippen molar-refractivity contribution in [3.8, 4) is 17.2 Å². The van der Waals surface area contributed by atoms with Crippen molar-refractivity contribution in [3.05, 3.63) is 60.3 Å². The summed E-state index contributed by atoms with van der Waals surface area (Å²) in [6, 6.07) is 12.4. The highest BCUT2D eigenvalue weighted by atomic mass is 16.5. The van der Waals surface area contributed by atoms with Crippen LogP contribution in [0.2, 0.25) is 0 Å². The Morgan fingerprint density at radius 2 is 1.62 bits per heavy atom. The van der Waals surface area contributed by atoms with E-state index in [-0.39, 0.29) is 18.9 Å². The molecular weight excluding hydrogens is 374 g/mol. The number of aryl methyl sites for hydroxylation is 1. The van der Waals surface area contributed by atoms with Crippen LogP contribution in [0.25, 0.3) is 0 Å². The molecule has 0 radical (unpaired) electrons. The fraction of sp³-hybridized carbons (Fsp3) is 0.238. The monoisotopic (exact) mass is 399 g/mol. The Balaban J connectivity index is 1.75. The topological polar surface area (TPSA) is 97.9 Å². The van der Waals surface area contributed by atoms with Gasteiger partial charge in [0.1, 0.15) is 17.2 Å². The Morgan fingerprint density at radius 1 is 0.931 bits per heavy atom. The zero-order chi connectivity index (χ0) is 21.2. The second-order valence-corrected chi connectivity index (χ2v) is 6.17. The van der Waals surface area contributed by atoms with Crippen molar-refractivity contribution in [2.45, 2.75) is 13.3 Å². The zero-order valence-electron chi connectivity index (χ0n) is 16.7. The molecule has 0 fully saturated rings. The SMILES string of the molecule is C=C(CC(=O)Nc1ccc(OC)cc1OC)NNC(=O)COc1ccc(C)cc1. The summed E-state index contributed by atoms with van der Waals surface area (Å²) in [6.07, 6.45) is -0.0473. The molecule has 2 aromatic carbocycles. The summed E-state index contributed by atoms with van der Waals surface area (Å²) in [5.41, 5.74) is 6.96. The molecular formula is C21H25N3O5. The molecule has 2 aromatic rings. The average molecular weight is 399 g/mol. The number of hydrazine groups is 1. The van der Waals surface area contributed by atoms with E-state index in [0.717, 1.165) is 5.56 Å². The first-order chi connectivity index (χ1) is 13.9. The van der Waals surface area contributed by atoms with Gasteiger partial charge < -0.3 is 25.0 Å². The van der Waals surface area contributed by atoms with E-state index in [1.807, 2.05) is 19.1 Å². The number of hydrogen-bond donors (Lipinski definition) is 3. The lowest BCUT2D eigenvalue weighted by Crippen LogP contribution is -2.40. The number of amides is 2. The first-order valence-electron chi connectivity index (χ1n) is 8.85. The van der Waals surface area contributed by atoms with Gasteiger partial charge in [0.15, 0.2) is 6.61 Å². The predicted molar refractivity (Wildman–Crippen MR) is 110 cm³/mol. The first-order valence-corrected chi connectivity index (χ1v) is 8.85. The Hall–Kier alpha value is -3.68. The Kier molecular flexibility index (Phi) is 7.90. The summed E-state index contributed by atoms with van der Waals surface area (Å²) in [4.78, 5) is 24.0. The van der Waals surface area contributed by atoms with Gasteiger partial charge in [-0.15, -0.1) is 0 Å². The van der Waals surface area contributed by atoms with E-state index in [0.29, 0.717) is 28.6 Å². The Labute approximate surface area is 169 Å². The third-order valence-electron chi connectivity index (χ3n) is 3.83. The van der Waals surface area contributed by atoms with Crippen molar-refractivity contribution in [1.82, 2.24) is 10.9 Å². The molecule has 0 aliphatic carbocycles. The van der Waals surface area contributed by atoms with Gasteiger partial charge in [-0.2, -0.15) is 0 Å². The molecule has 0 saturated carbocycles. The maximum Gasteiger partial charge on any atom is 0.276 e. The number of hydrogen-bond acceptors (Lipinski definition) is 6. The van der Waals surface area contributed by atoms with Gasteiger partial charge in [-0.05, 0) is 31.2 Å². The second kappa shape index (κ2) is 10.6. The molecule has 3 N–H and O–H groups in total. The van der Waals surface area contributed by atoms with Crippen molar-refractivity contribution < 1.29 is 23.8 Å². The predicted octanol–water partition coefficient (Wildman–Crippen LogP) is 2.55. The minimum Gasteiger partial charge on any atom is -0.497 e. The van der Waals surface area contributed by atoms with E-state index in [2.05, 4.69) is 22.7 Å². The van der Waals surface area contributed by atoms with Crippen molar-refractivity contribution in [2.24, 2.45) is 0 Å². The molecule has 8 heteroatoms. The second-order valence-electron chi connectivity index (χ2n) is 6.17. The van der Waals surface area contributed by atoms with Crippen LogP contribution in [-0.4, -0.2) is 32.6 Å². The van der Waals surface area contributed by atoms with Crippen molar-refractivity contribution in [2.75, 3.05) is 26.1 Å². The molecule has 0 aliphatic rings. The number of methoxy groups -OCH3 is 2. The van der Waals surface area contributed by atoms with Crippen LogP contribution in [0.1, 0.15) is 12.0 Å². The molecule has 0 saturated heterocycles. The number of nitrogens with one attached hydrogen (secondary N) is 3. The highest BCUT2D eigenvalue weighted by Crippen LogP contribution is 2.29. The molecule has 2 rings (SSSR count). The molecule has 0 unspecified atom stereocenters. The molecule has 0 heterocycles. The summed E-state index contributed by atoms with van der Waals surface area (Å²) in [6.45, 7) is 5.52. The van der Waals surface area contributed by atoms with Crippen LogP contribution in [-0.2, 0) is 9.59 Å². The Morgan fingerprint density at radius 3 is 2.28 bits per heavy atom. The number of ether oxygens (including phenoxy) is 3. The van der Waals surface area contributed by atoms with Gasteiger partial charge in [-0.25, -0.2) is 0 Å². The molecule has 154 valence electrons. The number of anilines is 1. The third-order valence-corrected chi connectivity index (χ3v) is 3.83. The minimum atomic E-state index is -0.399. The summed E-state index contributed by atoms with van der Waals surface area (Å²) in [5, 5.41) is 2.72. The molecule has 0 bridgehead atoms. The van der Waals surface area contributed by atoms with Crippen LogP contribution in [0.5, 0.6) is 17.2 Å². The van der Waals surface area contributed by atoms with E-state index >= 15 is 0 Å². The van der Waals surface area contributed by atoms with E-state index in [1.165, 1.54) is 7.11 Å². The minimum absolute atomic E-state index is 0.0473. The molecule has 8 nitrogen and oxygen atoms in total. The maximum absolute atomic E-state index is 12.2. The molecule has 0 atom stereocenters.